The number of fused-ring (bicyclic) bond motifs is 1. The summed E-state index contributed by atoms with van der Waals surface area (Å²) >= 11 is 1.71. The van der Waals surface area contributed by atoms with Crippen LogP contribution in [0.4, 0.5) is 0 Å². The molecule has 2 aromatic rings. The lowest BCUT2D eigenvalue weighted by Gasteiger charge is -2.09. The van der Waals surface area contributed by atoms with Crippen LogP contribution >= 0.6 is 11.3 Å². The summed E-state index contributed by atoms with van der Waals surface area (Å²) in [5.41, 5.74) is 3.86. The highest BCUT2D eigenvalue weighted by Crippen LogP contribution is 2.29. The molecule has 0 saturated heterocycles. The van der Waals surface area contributed by atoms with Gasteiger partial charge in [0.1, 0.15) is 12.4 Å². The molecule has 1 nitrogen and oxygen atoms in total. The third kappa shape index (κ3) is 1.76. The lowest BCUT2D eigenvalue weighted by atomic mass is 10.1. The molecule has 0 unspecified atom stereocenters. The van der Waals surface area contributed by atoms with Gasteiger partial charge in [-0.25, -0.2) is 0 Å². The molecule has 1 aromatic heterocycles. The van der Waals surface area contributed by atoms with Crippen molar-refractivity contribution in [3.8, 4) is 5.75 Å². The highest BCUT2D eigenvalue weighted by atomic mass is 32.1. The van der Waals surface area contributed by atoms with Crippen LogP contribution in [0.3, 0.4) is 0 Å². The largest absolute Gasteiger partial charge is 0.489 e. The Hall–Kier alpha value is -1.54. The molecule has 1 heterocycles. The van der Waals surface area contributed by atoms with Crippen molar-refractivity contribution < 1.29 is 4.74 Å². The van der Waals surface area contributed by atoms with E-state index in [0.717, 1.165) is 12.2 Å². The smallest absolute Gasteiger partial charge is 0.123 e. The van der Waals surface area contributed by atoms with Crippen LogP contribution < -0.4 is 4.74 Å². The van der Waals surface area contributed by atoms with E-state index in [1.54, 1.807) is 11.3 Å². The van der Waals surface area contributed by atoms with Gasteiger partial charge in [0.2, 0.25) is 0 Å². The van der Waals surface area contributed by atoms with Gasteiger partial charge in [0, 0.05) is 5.56 Å². The van der Waals surface area contributed by atoms with Crippen molar-refractivity contribution >= 4 is 17.4 Å². The molecule has 0 bridgehead atoms. The average Bonchev–Trinajstić information content (AvgIpc) is 2.97. The molecule has 0 fully saturated rings. The van der Waals surface area contributed by atoms with Gasteiger partial charge < -0.3 is 4.74 Å². The summed E-state index contributed by atoms with van der Waals surface area (Å²) in [5, 5.41) is 4.21. The van der Waals surface area contributed by atoms with Crippen LogP contribution in [-0.2, 0) is 13.0 Å². The fraction of sp³-hybridized carbons (Fsp3) is 0.143. The van der Waals surface area contributed by atoms with Crippen molar-refractivity contribution in [2.75, 3.05) is 0 Å². The topological polar surface area (TPSA) is 9.23 Å². The molecular formula is C14H12OS. The van der Waals surface area contributed by atoms with Crippen LogP contribution in [0.25, 0.3) is 6.08 Å². The van der Waals surface area contributed by atoms with E-state index in [0.29, 0.717) is 6.61 Å². The number of benzene rings is 1. The Balaban J connectivity index is 1.79. The minimum Gasteiger partial charge on any atom is -0.489 e. The Kier molecular flexibility index (Phi) is 2.50. The van der Waals surface area contributed by atoms with Gasteiger partial charge in [-0.1, -0.05) is 24.3 Å². The minimum absolute atomic E-state index is 0.667. The number of rotatable bonds is 3. The summed E-state index contributed by atoms with van der Waals surface area (Å²) in [6.07, 6.45) is 5.34. The molecule has 1 aromatic carbocycles. The second-order valence-electron chi connectivity index (χ2n) is 3.85. The summed E-state index contributed by atoms with van der Waals surface area (Å²) < 4.78 is 5.86. The van der Waals surface area contributed by atoms with Gasteiger partial charge in [0.15, 0.2) is 0 Å². The molecule has 0 N–H and O–H groups in total. The molecule has 0 atom stereocenters. The molecule has 1 aliphatic carbocycles. The average molecular weight is 228 g/mol. The Morgan fingerprint density at radius 3 is 3.12 bits per heavy atom. The molecule has 0 amide bonds. The summed E-state index contributed by atoms with van der Waals surface area (Å²) in [5.74, 6) is 1.02. The lowest BCUT2D eigenvalue weighted by Crippen LogP contribution is -1.97. The highest BCUT2D eigenvalue weighted by molar-refractivity contribution is 7.07. The van der Waals surface area contributed by atoms with Crippen LogP contribution in [0, 0.1) is 0 Å². The zero-order valence-corrected chi connectivity index (χ0v) is 9.67. The summed E-state index contributed by atoms with van der Waals surface area (Å²) in [4.78, 5) is 0. The van der Waals surface area contributed by atoms with Gasteiger partial charge in [-0.3, -0.25) is 0 Å². The van der Waals surface area contributed by atoms with E-state index in [-0.39, 0.29) is 0 Å². The van der Waals surface area contributed by atoms with Crippen LogP contribution in [0.2, 0.25) is 0 Å². The molecule has 3 rings (SSSR count). The minimum atomic E-state index is 0.667. The molecule has 0 saturated carbocycles. The predicted molar refractivity (Wildman–Crippen MR) is 67.8 cm³/mol. The summed E-state index contributed by atoms with van der Waals surface area (Å²) in [7, 11) is 0. The Labute approximate surface area is 99.0 Å². The maximum Gasteiger partial charge on any atom is 0.123 e. The van der Waals surface area contributed by atoms with Crippen LogP contribution in [0.1, 0.15) is 16.7 Å². The second kappa shape index (κ2) is 4.14. The number of hydrogen-bond acceptors (Lipinski definition) is 2. The molecule has 2 heteroatoms. The normalized spacial score (nSPS) is 12.8. The van der Waals surface area contributed by atoms with Crippen molar-refractivity contribution in [1.82, 2.24) is 0 Å². The number of thiophene rings is 1. The van der Waals surface area contributed by atoms with E-state index in [9.17, 15) is 0 Å². The molecule has 0 aliphatic heterocycles. The Morgan fingerprint density at radius 1 is 1.25 bits per heavy atom. The van der Waals surface area contributed by atoms with Crippen molar-refractivity contribution in [2.45, 2.75) is 13.0 Å². The van der Waals surface area contributed by atoms with E-state index in [1.165, 1.54) is 16.7 Å². The third-order valence-electron chi connectivity index (χ3n) is 2.76. The van der Waals surface area contributed by atoms with Crippen molar-refractivity contribution in [1.29, 1.82) is 0 Å². The quantitative estimate of drug-likeness (QED) is 0.774. The first-order chi connectivity index (χ1) is 7.93. The van der Waals surface area contributed by atoms with E-state index in [4.69, 9.17) is 4.74 Å². The third-order valence-corrected chi connectivity index (χ3v) is 3.50. The maximum atomic E-state index is 5.86. The molecule has 80 valence electrons. The molecule has 1 aliphatic rings. The summed E-state index contributed by atoms with van der Waals surface area (Å²) in [6.45, 7) is 0.667. The van der Waals surface area contributed by atoms with Gasteiger partial charge in [-0.2, -0.15) is 11.3 Å². The van der Waals surface area contributed by atoms with E-state index in [1.807, 2.05) is 0 Å². The van der Waals surface area contributed by atoms with Crippen molar-refractivity contribution in [3.63, 3.8) is 0 Å². The van der Waals surface area contributed by atoms with E-state index >= 15 is 0 Å². The molecule has 16 heavy (non-hydrogen) atoms. The number of allylic oxidation sites excluding steroid dienone is 1. The maximum absolute atomic E-state index is 5.86. The number of ether oxygens (including phenoxy) is 1. The SMILES string of the molecule is C1=Cc2cccc(OCc3ccsc3)c2C1. The summed E-state index contributed by atoms with van der Waals surface area (Å²) in [6, 6.07) is 8.35. The van der Waals surface area contributed by atoms with E-state index in [2.05, 4.69) is 47.2 Å². The van der Waals surface area contributed by atoms with Gasteiger partial charge in [0.25, 0.3) is 0 Å². The standard InChI is InChI=1S/C14H12OS/c1-3-12-4-2-6-14(13(12)5-1)15-9-11-7-8-16-10-11/h1-4,6-8,10H,5,9H2. The van der Waals surface area contributed by atoms with Crippen LogP contribution in [0.15, 0.2) is 41.1 Å². The van der Waals surface area contributed by atoms with E-state index < -0.39 is 0 Å². The number of hydrogen-bond donors (Lipinski definition) is 0. The first-order valence-corrected chi connectivity index (χ1v) is 6.30. The second-order valence-corrected chi connectivity index (χ2v) is 4.63. The predicted octanol–water partition coefficient (Wildman–Crippen LogP) is 3.90. The van der Waals surface area contributed by atoms with Gasteiger partial charge in [-0.15, -0.1) is 0 Å². The zero-order chi connectivity index (χ0) is 10.8. The molecule has 0 spiro atoms. The first kappa shape index (κ1) is 9.67. The first-order valence-electron chi connectivity index (χ1n) is 5.36. The van der Waals surface area contributed by atoms with Crippen LogP contribution in [-0.4, -0.2) is 0 Å². The highest BCUT2D eigenvalue weighted by Gasteiger charge is 2.10. The van der Waals surface area contributed by atoms with Crippen molar-refractivity contribution in [3.05, 3.63) is 57.8 Å². The molecule has 0 radical (unpaired) electrons. The zero-order valence-electron chi connectivity index (χ0n) is 8.85. The molecular weight excluding hydrogens is 216 g/mol. The van der Waals surface area contributed by atoms with Crippen LogP contribution in [0.5, 0.6) is 5.75 Å². The van der Waals surface area contributed by atoms with Crippen molar-refractivity contribution in [2.24, 2.45) is 0 Å². The Morgan fingerprint density at radius 2 is 2.25 bits per heavy atom. The monoisotopic (exact) mass is 228 g/mol. The lowest BCUT2D eigenvalue weighted by molar-refractivity contribution is 0.304. The van der Waals surface area contributed by atoms with Gasteiger partial charge in [-0.05, 0) is 40.4 Å². The van der Waals surface area contributed by atoms with Gasteiger partial charge in [0.05, 0.1) is 0 Å². The Bertz CT molecular complexity index is 512. The van der Waals surface area contributed by atoms with Gasteiger partial charge >= 0.3 is 0 Å². The fourth-order valence-corrected chi connectivity index (χ4v) is 2.59. The fourth-order valence-electron chi connectivity index (χ4n) is 1.93.